The number of aromatic nitrogens is 2. The van der Waals surface area contributed by atoms with Gasteiger partial charge in [0.15, 0.2) is 0 Å². The van der Waals surface area contributed by atoms with Crippen molar-refractivity contribution in [3.05, 3.63) is 66.1 Å². The first-order valence-electron chi connectivity index (χ1n) is 8.29. The van der Waals surface area contributed by atoms with E-state index in [1.54, 1.807) is 51.5 Å². The number of hydrogen-bond donors (Lipinski definition) is 2. The van der Waals surface area contributed by atoms with Crippen LogP contribution in [0.5, 0.6) is 11.5 Å². The molecule has 3 aromatic rings. The van der Waals surface area contributed by atoms with Crippen LogP contribution >= 0.6 is 0 Å². The Labute approximate surface area is 157 Å². The number of amides is 1. The molecule has 7 nitrogen and oxygen atoms in total. The van der Waals surface area contributed by atoms with Gasteiger partial charge in [-0.1, -0.05) is 0 Å². The quantitative estimate of drug-likeness (QED) is 0.692. The van der Waals surface area contributed by atoms with Crippen molar-refractivity contribution in [1.82, 2.24) is 9.97 Å². The lowest BCUT2D eigenvalue weighted by molar-refractivity contribution is 0.102. The molecule has 0 atom stereocenters. The van der Waals surface area contributed by atoms with Crippen molar-refractivity contribution in [3.8, 4) is 11.5 Å². The number of nitrogens with one attached hydrogen (secondary N) is 2. The summed E-state index contributed by atoms with van der Waals surface area (Å²) in [5, 5.41) is 5.98. The molecular formula is C20H20N4O3. The van der Waals surface area contributed by atoms with Gasteiger partial charge in [-0.2, -0.15) is 0 Å². The van der Waals surface area contributed by atoms with Crippen molar-refractivity contribution in [1.29, 1.82) is 0 Å². The van der Waals surface area contributed by atoms with Crippen molar-refractivity contribution >= 4 is 23.1 Å². The maximum absolute atomic E-state index is 12.5. The Bertz CT molecular complexity index is 925. The van der Waals surface area contributed by atoms with Gasteiger partial charge in [-0.25, -0.2) is 9.97 Å². The minimum absolute atomic E-state index is 0.273. The highest BCUT2D eigenvalue weighted by Gasteiger charge is 2.11. The predicted molar refractivity (Wildman–Crippen MR) is 104 cm³/mol. The van der Waals surface area contributed by atoms with Gasteiger partial charge in [0.25, 0.3) is 5.91 Å². The molecule has 1 amide bonds. The minimum Gasteiger partial charge on any atom is -0.497 e. The molecule has 138 valence electrons. The Morgan fingerprint density at radius 1 is 0.852 bits per heavy atom. The fourth-order valence-electron chi connectivity index (χ4n) is 2.44. The van der Waals surface area contributed by atoms with Crippen LogP contribution in [0, 0.1) is 6.92 Å². The molecule has 0 saturated carbocycles. The highest BCUT2D eigenvalue weighted by molar-refractivity contribution is 6.03. The Morgan fingerprint density at radius 2 is 1.41 bits per heavy atom. The highest BCUT2D eigenvalue weighted by atomic mass is 16.5. The Kier molecular flexibility index (Phi) is 5.51. The summed E-state index contributed by atoms with van der Waals surface area (Å²) in [4.78, 5) is 21.1. The summed E-state index contributed by atoms with van der Waals surface area (Å²) in [7, 11) is 3.21. The van der Waals surface area contributed by atoms with Gasteiger partial charge in [0.05, 0.1) is 14.2 Å². The van der Waals surface area contributed by atoms with E-state index in [1.807, 2.05) is 24.3 Å². The first-order chi connectivity index (χ1) is 13.1. The van der Waals surface area contributed by atoms with Crippen molar-refractivity contribution in [2.24, 2.45) is 0 Å². The van der Waals surface area contributed by atoms with E-state index < -0.39 is 0 Å². The van der Waals surface area contributed by atoms with Crippen LogP contribution in [0.2, 0.25) is 0 Å². The zero-order valence-electron chi connectivity index (χ0n) is 15.3. The van der Waals surface area contributed by atoms with Crippen LogP contribution in [0.4, 0.5) is 17.2 Å². The van der Waals surface area contributed by atoms with E-state index >= 15 is 0 Å². The van der Waals surface area contributed by atoms with Gasteiger partial charge in [0, 0.05) is 17.4 Å². The maximum Gasteiger partial charge on any atom is 0.274 e. The molecule has 0 fully saturated rings. The number of aryl methyl sites for hydroxylation is 1. The largest absolute Gasteiger partial charge is 0.497 e. The molecule has 2 aromatic carbocycles. The van der Waals surface area contributed by atoms with Crippen molar-refractivity contribution < 1.29 is 14.3 Å². The number of benzene rings is 2. The molecule has 0 aliphatic rings. The van der Waals surface area contributed by atoms with E-state index in [0.717, 1.165) is 17.2 Å². The highest BCUT2D eigenvalue weighted by Crippen LogP contribution is 2.20. The minimum atomic E-state index is -0.316. The molecule has 0 spiro atoms. The first-order valence-corrected chi connectivity index (χ1v) is 8.29. The zero-order valence-corrected chi connectivity index (χ0v) is 15.3. The maximum atomic E-state index is 12.5. The number of anilines is 3. The van der Waals surface area contributed by atoms with Crippen LogP contribution in [-0.4, -0.2) is 30.1 Å². The average Bonchev–Trinajstić information content (AvgIpc) is 2.68. The van der Waals surface area contributed by atoms with Gasteiger partial charge < -0.3 is 20.1 Å². The molecule has 7 heteroatoms. The molecule has 0 saturated heterocycles. The van der Waals surface area contributed by atoms with E-state index in [-0.39, 0.29) is 11.6 Å². The third-order valence-corrected chi connectivity index (χ3v) is 3.78. The molecular weight excluding hydrogens is 344 g/mol. The summed E-state index contributed by atoms with van der Waals surface area (Å²) in [6.45, 7) is 1.74. The number of ether oxygens (including phenoxy) is 2. The Hall–Kier alpha value is -3.61. The summed E-state index contributed by atoms with van der Waals surface area (Å²) >= 11 is 0. The number of methoxy groups -OCH3 is 2. The second-order valence-corrected chi connectivity index (χ2v) is 5.72. The molecule has 3 rings (SSSR count). The van der Waals surface area contributed by atoms with Crippen molar-refractivity contribution in [3.63, 3.8) is 0 Å². The lowest BCUT2D eigenvalue weighted by Crippen LogP contribution is -2.15. The van der Waals surface area contributed by atoms with E-state index in [4.69, 9.17) is 9.47 Å². The smallest absolute Gasteiger partial charge is 0.274 e. The second kappa shape index (κ2) is 8.18. The number of rotatable bonds is 6. The van der Waals surface area contributed by atoms with Crippen LogP contribution in [0.25, 0.3) is 0 Å². The van der Waals surface area contributed by atoms with Crippen LogP contribution in [-0.2, 0) is 0 Å². The molecule has 0 aliphatic carbocycles. The molecule has 0 bridgehead atoms. The Morgan fingerprint density at radius 3 is 1.96 bits per heavy atom. The fourth-order valence-corrected chi connectivity index (χ4v) is 2.44. The van der Waals surface area contributed by atoms with Gasteiger partial charge >= 0.3 is 0 Å². The van der Waals surface area contributed by atoms with Gasteiger partial charge in [-0.15, -0.1) is 0 Å². The molecule has 0 aliphatic heterocycles. The van der Waals surface area contributed by atoms with Crippen LogP contribution in [0.1, 0.15) is 16.3 Å². The second-order valence-electron chi connectivity index (χ2n) is 5.72. The number of carbonyl (C=O) groups is 1. The van der Waals surface area contributed by atoms with Crippen LogP contribution in [0.3, 0.4) is 0 Å². The molecule has 2 N–H and O–H groups in total. The lowest BCUT2D eigenvalue weighted by atomic mass is 10.2. The summed E-state index contributed by atoms with van der Waals surface area (Å²) < 4.78 is 10.3. The van der Waals surface area contributed by atoms with Crippen molar-refractivity contribution in [2.75, 3.05) is 24.9 Å². The van der Waals surface area contributed by atoms with Crippen LogP contribution in [0.15, 0.2) is 54.6 Å². The van der Waals surface area contributed by atoms with E-state index in [9.17, 15) is 4.79 Å². The molecule has 27 heavy (non-hydrogen) atoms. The van der Waals surface area contributed by atoms with Gasteiger partial charge in [0.1, 0.15) is 28.8 Å². The standard InChI is InChI=1S/C20H20N4O3/c1-13-21-18(20(25)24-15-6-10-17(27-3)11-7-15)12-19(22-13)23-14-4-8-16(26-2)9-5-14/h4-12H,1-3H3,(H,24,25)(H,21,22,23). The topological polar surface area (TPSA) is 85.4 Å². The summed E-state index contributed by atoms with van der Waals surface area (Å²) in [6, 6.07) is 16.1. The number of carbonyl (C=O) groups excluding carboxylic acids is 1. The molecule has 1 aromatic heterocycles. The third kappa shape index (κ3) is 4.72. The van der Waals surface area contributed by atoms with Crippen LogP contribution < -0.4 is 20.1 Å². The van der Waals surface area contributed by atoms with Gasteiger partial charge in [0.2, 0.25) is 0 Å². The van der Waals surface area contributed by atoms with Crippen molar-refractivity contribution in [2.45, 2.75) is 6.92 Å². The normalized spacial score (nSPS) is 10.2. The van der Waals surface area contributed by atoms with Gasteiger partial charge in [-0.3, -0.25) is 4.79 Å². The first kappa shape index (κ1) is 18.2. The van der Waals surface area contributed by atoms with E-state index in [1.165, 1.54) is 0 Å². The monoisotopic (exact) mass is 364 g/mol. The average molecular weight is 364 g/mol. The van der Waals surface area contributed by atoms with Gasteiger partial charge in [-0.05, 0) is 55.5 Å². The summed E-state index contributed by atoms with van der Waals surface area (Å²) in [5.74, 6) is 2.19. The Balaban J connectivity index is 1.75. The molecule has 0 radical (unpaired) electrons. The molecule has 0 unspecified atom stereocenters. The van der Waals surface area contributed by atoms with E-state index in [0.29, 0.717) is 17.3 Å². The number of hydrogen-bond acceptors (Lipinski definition) is 6. The zero-order chi connectivity index (χ0) is 19.2. The van der Waals surface area contributed by atoms with E-state index in [2.05, 4.69) is 20.6 Å². The summed E-state index contributed by atoms with van der Waals surface area (Å²) in [6.07, 6.45) is 0. The SMILES string of the molecule is COc1ccc(NC(=O)c2cc(Nc3ccc(OC)cc3)nc(C)n2)cc1. The molecule has 1 heterocycles. The summed E-state index contributed by atoms with van der Waals surface area (Å²) in [5.41, 5.74) is 1.76. The predicted octanol–water partition coefficient (Wildman–Crippen LogP) is 3.80. The number of nitrogens with zero attached hydrogens (tertiary/aromatic N) is 2. The lowest BCUT2D eigenvalue weighted by Gasteiger charge is -2.10. The fraction of sp³-hybridized carbons (Fsp3) is 0.150. The third-order valence-electron chi connectivity index (χ3n) is 3.78.